The van der Waals surface area contributed by atoms with Gasteiger partial charge in [-0.1, -0.05) is 18.2 Å². The SMILES string of the molecule is Cn1nccc1CN1CCOC2(CCN(Cc3ccccc3F)CC2)CC1=O. The Kier molecular flexibility index (Phi) is 5.46. The third-order valence-electron chi connectivity index (χ3n) is 5.99. The Bertz CT molecular complexity index is 829. The normalized spacial score (nSPS) is 20.5. The van der Waals surface area contributed by atoms with Gasteiger partial charge in [-0.2, -0.15) is 5.10 Å². The number of ether oxygens (including phenoxy) is 1. The highest BCUT2D eigenvalue weighted by atomic mass is 19.1. The molecule has 4 rings (SSSR count). The van der Waals surface area contributed by atoms with Crippen molar-refractivity contribution in [3.05, 3.63) is 53.6 Å². The van der Waals surface area contributed by atoms with Crippen LogP contribution in [-0.2, 0) is 29.7 Å². The molecular formula is C21H27FN4O2. The molecule has 3 heterocycles. The molecule has 0 radical (unpaired) electrons. The molecule has 2 saturated heterocycles. The number of carbonyl (C=O) groups excluding carboxylic acids is 1. The van der Waals surface area contributed by atoms with Crippen LogP contribution >= 0.6 is 0 Å². The molecule has 0 unspecified atom stereocenters. The Morgan fingerprint density at radius 1 is 1.14 bits per heavy atom. The smallest absolute Gasteiger partial charge is 0.225 e. The Labute approximate surface area is 164 Å². The summed E-state index contributed by atoms with van der Waals surface area (Å²) in [5.41, 5.74) is 1.35. The largest absolute Gasteiger partial charge is 0.373 e. The Morgan fingerprint density at radius 3 is 2.64 bits per heavy atom. The summed E-state index contributed by atoms with van der Waals surface area (Å²) < 4.78 is 21.9. The van der Waals surface area contributed by atoms with Gasteiger partial charge in [0, 0.05) is 45.0 Å². The van der Waals surface area contributed by atoms with E-state index in [-0.39, 0.29) is 17.3 Å². The summed E-state index contributed by atoms with van der Waals surface area (Å²) in [6.45, 7) is 3.94. The molecule has 0 N–H and O–H groups in total. The molecule has 28 heavy (non-hydrogen) atoms. The van der Waals surface area contributed by atoms with Gasteiger partial charge in [0.15, 0.2) is 0 Å². The van der Waals surface area contributed by atoms with Gasteiger partial charge < -0.3 is 9.64 Å². The summed E-state index contributed by atoms with van der Waals surface area (Å²) in [6, 6.07) is 8.86. The second kappa shape index (κ2) is 8.01. The van der Waals surface area contributed by atoms with Crippen molar-refractivity contribution in [2.45, 2.75) is 38.0 Å². The number of halogens is 1. The zero-order valence-electron chi connectivity index (χ0n) is 16.3. The molecule has 1 aromatic carbocycles. The van der Waals surface area contributed by atoms with Crippen LogP contribution in [0.2, 0.25) is 0 Å². The van der Waals surface area contributed by atoms with Crippen LogP contribution in [-0.4, -0.2) is 57.3 Å². The molecule has 150 valence electrons. The van der Waals surface area contributed by atoms with E-state index in [2.05, 4.69) is 10.00 Å². The molecule has 1 spiro atoms. The number of likely N-dealkylation sites (tertiary alicyclic amines) is 1. The molecule has 1 amide bonds. The van der Waals surface area contributed by atoms with Gasteiger partial charge in [-0.3, -0.25) is 14.4 Å². The maximum absolute atomic E-state index is 13.9. The van der Waals surface area contributed by atoms with Crippen LogP contribution in [0.1, 0.15) is 30.5 Å². The minimum absolute atomic E-state index is 0.140. The van der Waals surface area contributed by atoms with Crippen molar-refractivity contribution in [1.29, 1.82) is 0 Å². The number of carbonyl (C=O) groups is 1. The molecule has 0 atom stereocenters. The van der Waals surface area contributed by atoms with E-state index in [1.807, 2.05) is 30.1 Å². The Morgan fingerprint density at radius 2 is 1.93 bits per heavy atom. The van der Waals surface area contributed by atoms with Crippen molar-refractivity contribution in [2.75, 3.05) is 26.2 Å². The molecule has 2 aromatic rings. The number of hydrogen-bond acceptors (Lipinski definition) is 4. The molecule has 7 heteroatoms. The minimum Gasteiger partial charge on any atom is -0.373 e. The zero-order valence-corrected chi connectivity index (χ0v) is 16.3. The lowest BCUT2D eigenvalue weighted by atomic mass is 9.87. The van der Waals surface area contributed by atoms with E-state index in [1.54, 1.807) is 16.9 Å². The number of hydrogen-bond donors (Lipinski definition) is 0. The first kappa shape index (κ1) is 19.1. The summed E-state index contributed by atoms with van der Waals surface area (Å²) in [5.74, 6) is -0.0178. The van der Waals surface area contributed by atoms with Crippen LogP contribution in [0.15, 0.2) is 36.5 Å². The second-order valence-electron chi connectivity index (χ2n) is 7.84. The number of aryl methyl sites for hydroxylation is 1. The molecule has 2 aliphatic rings. The quantitative estimate of drug-likeness (QED) is 0.809. The van der Waals surface area contributed by atoms with E-state index in [9.17, 15) is 9.18 Å². The van der Waals surface area contributed by atoms with Crippen LogP contribution in [0.3, 0.4) is 0 Å². The van der Waals surface area contributed by atoms with Crippen molar-refractivity contribution in [2.24, 2.45) is 7.05 Å². The van der Waals surface area contributed by atoms with Crippen molar-refractivity contribution in [3.63, 3.8) is 0 Å². The molecule has 0 aliphatic carbocycles. The third-order valence-corrected chi connectivity index (χ3v) is 5.99. The first-order valence-electron chi connectivity index (χ1n) is 9.89. The highest BCUT2D eigenvalue weighted by molar-refractivity contribution is 5.77. The van der Waals surface area contributed by atoms with Crippen LogP contribution < -0.4 is 0 Å². The predicted octanol–water partition coefficient (Wildman–Crippen LogP) is 2.34. The average molecular weight is 386 g/mol. The molecule has 2 aliphatic heterocycles. The monoisotopic (exact) mass is 386 g/mol. The van der Waals surface area contributed by atoms with E-state index in [1.165, 1.54) is 6.07 Å². The molecule has 0 bridgehead atoms. The molecule has 2 fully saturated rings. The van der Waals surface area contributed by atoms with E-state index >= 15 is 0 Å². The standard InChI is InChI=1S/C21H27FN4O2/c1-24-18(6-9-23-24)16-26-12-13-28-21(14-20(26)27)7-10-25(11-8-21)15-17-4-2-3-5-19(17)22/h2-6,9H,7-8,10-16H2,1H3. The average Bonchev–Trinajstić information content (AvgIpc) is 3.02. The molecular weight excluding hydrogens is 359 g/mol. The number of amides is 1. The van der Waals surface area contributed by atoms with Crippen molar-refractivity contribution < 1.29 is 13.9 Å². The van der Waals surface area contributed by atoms with Gasteiger partial charge >= 0.3 is 0 Å². The second-order valence-corrected chi connectivity index (χ2v) is 7.84. The van der Waals surface area contributed by atoms with E-state index in [0.29, 0.717) is 32.7 Å². The van der Waals surface area contributed by atoms with Crippen molar-refractivity contribution in [3.8, 4) is 0 Å². The summed E-state index contributed by atoms with van der Waals surface area (Å²) in [6.07, 6.45) is 3.76. The van der Waals surface area contributed by atoms with Crippen LogP contribution in [0.5, 0.6) is 0 Å². The number of benzene rings is 1. The van der Waals surface area contributed by atoms with Gasteiger partial charge in [0.25, 0.3) is 0 Å². The van der Waals surface area contributed by atoms with Gasteiger partial charge in [-0.15, -0.1) is 0 Å². The Hall–Kier alpha value is -2.25. The minimum atomic E-state index is -0.385. The maximum atomic E-state index is 13.9. The molecule has 6 nitrogen and oxygen atoms in total. The maximum Gasteiger partial charge on any atom is 0.225 e. The fourth-order valence-corrected chi connectivity index (χ4v) is 4.16. The van der Waals surface area contributed by atoms with E-state index in [0.717, 1.165) is 37.2 Å². The number of aromatic nitrogens is 2. The van der Waals surface area contributed by atoms with Crippen LogP contribution in [0.4, 0.5) is 4.39 Å². The number of nitrogens with zero attached hydrogens (tertiary/aromatic N) is 4. The predicted molar refractivity (Wildman–Crippen MR) is 103 cm³/mol. The highest BCUT2D eigenvalue weighted by Gasteiger charge is 2.40. The first-order valence-corrected chi connectivity index (χ1v) is 9.89. The molecule has 1 aromatic heterocycles. The van der Waals surface area contributed by atoms with Gasteiger partial charge in [-0.05, 0) is 25.0 Å². The van der Waals surface area contributed by atoms with E-state index in [4.69, 9.17) is 4.74 Å². The number of rotatable bonds is 4. The summed E-state index contributed by atoms with van der Waals surface area (Å²) in [7, 11) is 1.89. The lowest BCUT2D eigenvalue weighted by Crippen LogP contribution is -2.47. The topological polar surface area (TPSA) is 50.6 Å². The highest BCUT2D eigenvalue weighted by Crippen LogP contribution is 2.33. The van der Waals surface area contributed by atoms with Gasteiger partial charge in [0.05, 0.1) is 30.9 Å². The van der Waals surface area contributed by atoms with Gasteiger partial charge in [0.1, 0.15) is 5.82 Å². The van der Waals surface area contributed by atoms with Crippen molar-refractivity contribution in [1.82, 2.24) is 19.6 Å². The molecule has 0 saturated carbocycles. The van der Waals surface area contributed by atoms with Gasteiger partial charge in [-0.25, -0.2) is 4.39 Å². The van der Waals surface area contributed by atoms with E-state index < -0.39 is 0 Å². The van der Waals surface area contributed by atoms with Crippen molar-refractivity contribution >= 4 is 5.91 Å². The van der Waals surface area contributed by atoms with Gasteiger partial charge in [0.2, 0.25) is 5.91 Å². The zero-order chi connectivity index (χ0) is 19.6. The lowest BCUT2D eigenvalue weighted by Gasteiger charge is -2.40. The van der Waals surface area contributed by atoms with Crippen LogP contribution in [0, 0.1) is 5.82 Å². The summed E-state index contributed by atoms with van der Waals surface area (Å²) in [5, 5.41) is 4.18. The fourth-order valence-electron chi connectivity index (χ4n) is 4.16. The first-order chi connectivity index (χ1) is 13.5. The number of piperidine rings is 1. The lowest BCUT2D eigenvalue weighted by molar-refractivity contribution is -0.136. The Balaban J connectivity index is 1.35. The summed E-state index contributed by atoms with van der Waals surface area (Å²) in [4.78, 5) is 17.0. The third kappa shape index (κ3) is 4.10. The summed E-state index contributed by atoms with van der Waals surface area (Å²) >= 11 is 0. The fraction of sp³-hybridized carbons (Fsp3) is 0.524. The van der Waals surface area contributed by atoms with Crippen LogP contribution in [0.25, 0.3) is 0 Å².